The third-order valence-corrected chi connectivity index (χ3v) is 9.20. The minimum Gasteiger partial charge on any atom is -0.426 e. The van der Waals surface area contributed by atoms with Crippen LogP contribution in [0.2, 0.25) is 0 Å². The van der Waals surface area contributed by atoms with Crippen molar-refractivity contribution in [1.82, 2.24) is 9.97 Å². The highest BCUT2D eigenvalue weighted by Crippen LogP contribution is 2.99. The second-order valence-electron chi connectivity index (χ2n) is 9.76. The van der Waals surface area contributed by atoms with Crippen LogP contribution in [-0.4, -0.2) is 20.3 Å². The number of carbonyl (C=O) groups excluding carboxylic acids is 1. The van der Waals surface area contributed by atoms with Gasteiger partial charge >= 0.3 is 5.97 Å². The van der Waals surface area contributed by atoms with E-state index in [1.807, 2.05) is 24.5 Å². The predicted molar refractivity (Wildman–Crippen MR) is 127 cm³/mol. The molecule has 0 N–H and O–H groups in total. The summed E-state index contributed by atoms with van der Waals surface area (Å²) in [5.41, 5.74) is 1.83. The molecule has 2 spiro atoms. The summed E-state index contributed by atoms with van der Waals surface area (Å²) in [6.45, 7) is 2.24. The Balaban J connectivity index is 1.11. The van der Waals surface area contributed by atoms with Gasteiger partial charge in [0.2, 0.25) is 0 Å². The Morgan fingerprint density at radius 2 is 1.69 bits per heavy atom. The predicted octanol–water partition coefficient (Wildman–Crippen LogP) is 6.93. The first-order chi connectivity index (χ1) is 15.4. The minimum absolute atomic E-state index is 0.0186. The van der Waals surface area contributed by atoms with E-state index >= 15 is 0 Å². The molecule has 32 heavy (non-hydrogen) atoms. The molecule has 0 unspecified atom stereocenters. The second kappa shape index (κ2) is 8.29. The molecular weight excluding hydrogens is 443 g/mol. The Kier molecular flexibility index (Phi) is 5.74. The average molecular weight is 473 g/mol. The largest absolute Gasteiger partial charge is 0.426 e. The number of alkyl halides is 2. The Morgan fingerprint density at radius 1 is 1.03 bits per heavy atom. The van der Waals surface area contributed by atoms with E-state index in [9.17, 15) is 4.79 Å². The third-order valence-electron chi connectivity index (χ3n) is 7.80. The molecule has 0 aliphatic heterocycles. The summed E-state index contributed by atoms with van der Waals surface area (Å²) in [4.78, 5) is 21.7. The number of unbranched alkanes of at least 4 members (excludes halogenated alkanes) is 5. The van der Waals surface area contributed by atoms with Crippen LogP contribution in [0.3, 0.4) is 0 Å². The smallest absolute Gasteiger partial charge is 0.315 e. The fourth-order valence-corrected chi connectivity index (χ4v) is 7.01. The molecule has 2 atom stereocenters. The van der Waals surface area contributed by atoms with E-state index in [0.29, 0.717) is 11.6 Å². The van der Waals surface area contributed by atoms with Gasteiger partial charge in [-0.3, -0.25) is 4.79 Å². The number of esters is 1. The van der Waals surface area contributed by atoms with Crippen LogP contribution in [0.1, 0.15) is 70.3 Å². The van der Waals surface area contributed by atoms with Crippen LogP contribution < -0.4 is 4.74 Å². The van der Waals surface area contributed by atoms with Gasteiger partial charge in [0.1, 0.15) is 10.1 Å². The molecule has 3 saturated carbocycles. The highest BCUT2D eigenvalue weighted by molar-refractivity contribution is 6.53. The maximum absolute atomic E-state index is 12.6. The molecule has 170 valence electrons. The zero-order chi connectivity index (χ0) is 22.4. The quantitative estimate of drug-likeness (QED) is 0.163. The topological polar surface area (TPSA) is 52.1 Å². The lowest BCUT2D eigenvalue weighted by atomic mass is 10.1. The van der Waals surface area contributed by atoms with Crippen molar-refractivity contribution >= 4 is 29.2 Å². The van der Waals surface area contributed by atoms with Crippen molar-refractivity contribution in [2.45, 2.75) is 75.5 Å². The van der Waals surface area contributed by atoms with Crippen LogP contribution in [0.5, 0.6) is 5.75 Å². The molecule has 0 bridgehead atoms. The Hall–Kier alpha value is -1.65. The number of rotatable bonds is 10. The second-order valence-corrected chi connectivity index (χ2v) is 11.1. The molecule has 4 nitrogen and oxygen atoms in total. The summed E-state index contributed by atoms with van der Waals surface area (Å²) in [5.74, 6) is 0.809. The molecule has 3 fully saturated rings. The van der Waals surface area contributed by atoms with E-state index < -0.39 is 4.33 Å². The fourth-order valence-electron chi connectivity index (χ4n) is 5.61. The standard InChI is InChI=1S/C26H30Cl2N2O2/c1-2-3-4-5-6-7-8-18-16-29-22(30-17-18)19-9-11-20(12-10-19)32-23(31)21-15-25(21)24(13-14-24)26(25,27)28/h9-12,16-17,21H,2-8,13-15H2,1H3/t21-,25+/m1/s1. The summed E-state index contributed by atoms with van der Waals surface area (Å²) < 4.78 is 4.88. The first kappa shape index (κ1) is 22.2. The maximum Gasteiger partial charge on any atom is 0.315 e. The van der Waals surface area contributed by atoms with Crippen LogP contribution in [0, 0.1) is 16.7 Å². The zero-order valence-corrected chi connectivity index (χ0v) is 20.1. The van der Waals surface area contributed by atoms with Gasteiger partial charge in [0.05, 0.1) is 5.92 Å². The number of fused-ring (bicyclic) bond motifs is 1. The van der Waals surface area contributed by atoms with Crippen LogP contribution in [0.4, 0.5) is 0 Å². The summed E-state index contributed by atoms with van der Waals surface area (Å²) in [6, 6.07) is 7.37. The molecule has 2 aromatic rings. The molecule has 1 aromatic heterocycles. The molecule has 6 heteroatoms. The van der Waals surface area contributed by atoms with Gasteiger partial charge in [-0.05, 0) is 61.9 Å². The van der Waals surface area contributed by atoms with E-state index in [1.165, 1.54) is 44.1 Å². The zero-order valence-electron chi connectivity index (χ0n) is 18.6. The Bertz CT molecular complexity index is 980. The molecule has 3 aliphatic carbocycles. The van der Waals surface area contributed by atoms with Gasteiger partial charge in [-0.1, -0.05) is 39.0 Å². The average Bonchev–Trinajstić information content (AvgIpc) is 3.70. The van der Waals surface area contributed by atoms with Crippen LogP contribution in [0.25, 0.3) is 11.4 Å². The third kappa shape index (κ3) is 3.54. The molecular formula is C26H30Cl2N2O2. The SMILES string of the molecule is CCCCCCCCc1cnc(-c2ccc(OC(=O)[C@H]3C[C@]34C(Cl)(Cl)C43CC3)cc2)nc1. The Morgan fingerprint density at radius 3 is 2.31 bits per heavy atom. The van der Waals surface area contributed by atoms with Gasteiger partial charge in [-0.15, -0.1) is 23.2 Å². The van der Waals surface area contributed by atoms with Gasteiger partial charge in [0.25, 0.3) is 0 Å². The van der Waals surface area contributed by atoms with Crippen molar-refractivity contribution in [3.63, 3.8) is 0 Å². The van der Waals surface area contributed by atoms with E-state index in [1.54, 1.807) is 12.1 Å². The number of benzene rings is 1. The summed E-state index contributed by atoms with van der Waals surface area (Å²) in [5, 5.41) is 0. The van der Waals surface area contributed by atoms with Gasteiger partial charge in [-0.25, -0.2) is 9.97 Å². The van der Waals surface area contributed by atoms with Crippen LogP contribution in [0.15, 0.2) is 36.7 Å². The van der Waals surface area contributed by atoms with Crippen molar-refractivity contribution < 1.29 is 9.53 Å². The van der Waals surface area contributed by atoms with Gasteiger partial charge in [0.15, 0.2) is 5.82 Å². The lowest BCUT2D eigenvalue weighted by Crippen LogP contribution is -2.13. The number of halogens is 2. The number of aromatic nitrogens is 2. The van der Waals surface area contributed by atoms with Gasteiger partial charge < -0.3 is 4.74 Å². The van der Waals surface area contributed by atoms with Crippen molar-refractivity contribution in [2.75, 3.05) is 0 Å². The number of hydrogen-bond donors (Lipinski definition) is 0. The molecule has 1 aromatic carbocycles. The summed E-state index contributed by atoms with van der Waals surface area (Å²) in [6.07, 6.45) is 15.4. The van der Waals surface area contributed by atoms with Crippen molar-refractivity contribution in [2.24, 2.45) is 16.7 Å². The number of aryl methyl sites for hydroxylation is 1. The molecule has 0 radical (unpaired) electrons. The number of hydrogen-bond acceptors (Lipinski definition) is 4. The minimum atomic E-state index is -0.744. The van der Waals surface area contributed by atoms with E-state index in [0.717, 1.165) is 31.2 Å². The van der Waals surface area contributed by atoms with Crippen molar-refractivity contribution in [1.29, 1.82) is 0 Å². The number of carbonyl (C=O) groups is 1. The Labute approximate surface area is 200 Å². The van der Waals surface area contributed by atoms with E-state index in [2.05, 4.69) is 16.9 Å². The summed E-state index contributed by atoms with van der Waals surface area (Å²) in [7, 11) is 0. The van der Waals surface area contributed by atoms with E-state index in [-0.39, 0.29) is 22.7 Å². The van der Waals surface area contributed by atoms with Crippen molar-refractivity contribution in [3.05, 3.63) is 42.2 Å². The lowest BCUT2D eigenvalue weighted by molar-refractivity contribution is -0.136. The first-order valence-electron chi connectivity index (χ1n) is 12.0. The van der Waals surface area contributed by atoms with Crippen LogP contribution >= 0.6 is 23.2 Å². The highest BCUT2D eigenvalue weighted by atomic mass is 35.5. The number of nitrogens with zero attached hydrogens (tertiary/aromatic N) is 2. The van der Waals surface area contributed by atoms with E-state index in [4.69, 9.17) is 27.9 Å². The van der Waals surface area contributed by atoms with Crippen LogP contribution in [-0.2, 0) is 11.2 Å². The molecule has 5 rings (SSSR count). The fraction of sp³-hybridized carbons (Fsp3) is 0.577. The molecule has 1 heterocycles. The number of ether oxygens (including phenoxy) is 1. The monoisotopic (exact) mass is 472 g/mol. The highest BCUT2D eigenvalue weighted by Gasteiger charge is 3.00. The molecule has 3 aliphatic rings. The molecule has 0 amide bonds. The lowest BCUT2D eigenvalue weighted by Gasteiger charge is -2.06. The normalized spacial score (nSPS) is 25.7. The molecule has 0 saturated heterocycles. The van der Waals surface area contributed by atoms with Gasteiger partial charge in [-0.2, -0.15) is 0 Å². The summed E-state index contributed by atoms with van der Waals surface area (Å²) >= 11 is 13.0. The van der Waals surface area contributed by atoms with Crippen molar-refractivity contribution in [3.8, 4) is 17.1 Å². The van der Waals surface area contributed by atoms with Gasteiger partial charge in [0, 0.05) is 28.8 Å². The maximum atomic E-state index is 12.6. The first-order valence-corrected chi connectivity index (χ1v) is 12.7.